The van der Waals surface area contributed by atoms with E-state index in [2.05, 4.69) is 10.6 Å². The number of hydrogen-bond donors (Lipinski definition) is 3. The molecule has 0 aliphatic rings. The molecule has 0 saturated carbocycles. The lowest BCUT2D eigenvalue weighted by atomic mass is 9.96. The summed E-state index contributed by atoms with van der Waals surface area (Å²) in [6.45, 7) is 4.17. The second kappa shape index (κ2) is 9.43. The summed E-state index contributed by atoms with van der Waals surface area (Å²) in [5, 5.41) is 14.9. The van der Waals surface area contributed by atoms with E-state index < -0.39 is 18.1 Å². The quantitative estimate of drug-likeness (QED) is 0.514. The molecular weight excluding hydrogens is 344 g/mol. The molecule has 6 nitrogen and oxygen atoms in total. The van der Waals surface area contributed by atoms with Gasteiger partial charge in [-0.05, 0) is 25.0 Å². The molecule has 0 aliphatic heterocycles. The van der Waals surface area contributed by atoms with E-state index in [4.69, 9.17) is 4.74 Å². The minimum atomic E-state index is -1.22. The normalized spacial score (nSPS) is 12.6. The SMILES string of the molecule is COC(=O)/C(=C(/C)NCc1ccccc1)[C@@H](NC(=O)O)c1ccc(C)cc1. The zero-order valence-electron chi connectivity index (χ0n) is 15.7. The van der Waals surface area contributed by atoms with Crippen molar-refractivity contribution in [3.8, 4) is 0 Å². The van der Waals surface area contributed by atoms with Crippen molar-refractivity contribution in [3.63, 3.8) is 0 Å². The molecule has 0 heterocycles. The van der Waals surface area contributed by atoms with Gasteiger partial charge in [0, 0.05) is 12.2 Å². The molecule has 2 aromatic carbocycles. The average molecular weight is 368 g/mol. The summed E-state index contributed by atoms with van der Waals surface area (Å²) >= 11 is 0. The molecule has 0 spiro atoms. The summed E-state index contributed by atoms with van der Waals surface area (Å²) in [5.74, 6) is -0.590. The van der Waals surface area contributed by atoms with Crippen LogP contribution in [0.25, 0.3) is 0 Å². The van der Waals surface area contributed by atoms with Gasteiger partial charge >= 0.3 is 12.1 Å². The van der Waals surface area contributed by atoms with Gasteiger partial charge < -0.3 is 20.5 Å². The Morgan fingerprint density at radius 2 is 1.70 bits per heavy atom. The Balaban J connectivity index is 2.40. The van der Waals surface area contributed by atoms with E-state index in [9.17, 15) is 14.7 Å². The van der Waals surface area contributed by atoms with Crippen LogP contribution in [0.4, 0.5) is 4.79 Å². The first-order valence-electron chi connectivity index (χ1n) is 8.55. The lowest BCUT2D eigenvalue weighted by molar-refractivity contribution is -0.136. The number of aryl methyl sites for hydroxylation is 1. The van der Waals surface area contributed by atoms with Crippen LogP contribution in [0.3, 0.4) is 0 Å². The highest BCUT2D eigenvalue weighted by Gasteiger charge is 2.27. The van der Waals surface area contributed by atoms with Crippen LogP contribution in [0.5, 0.6) is 0 Å². The fourth-order valence-corrected chi connectivity index (χ4v) is 2.73. The fourth-order valence-electron chi connectivity index (χ4n) is 2.73. The van der Waals surface area contributed by atoms with E-state index in [1.165, 1.54) is 7.11 Å². The van der Waals surface area contributed by atoms with E-state index in [-0.39, 0.29) is 5.57 Å². The van der Waals surface area contributed by atoms with Crippen molar-refractivity contribution >= 4 is 12.1 Å². The van der Waals surface area contributed by atoms with Gasteiger partial charge in [0.15, 0.2) is 0 Å². The van der Waals surface area contributed by atoms with Crippen LogP contribution in [-0.2, 0) is 16.1 Å². The van der Waals surface area contributed by atoms with Gasteiger partial charge in [-0.15, -0.1) is 0 Å². The summed E-state index contributed by atoms with van der Waals surface area (Å²) in [4.78, 5) is 23.8. The topological polar surface area (TPSA) is 87.7 Å². The number of carboxylic acid groups (broad SMARTS) is 1. The smallest absolute Gasteiger partial charge is 0.405 e. The number of carbonyl (C=O) groups is 2. The third kappa shape index (κ3) is 5.60. The van der Waals surface area contributed by atoms with Crippen molar-refractivity contribution in [2.75, 3.05) is 7.11 Å². The van der Waals surface area contributed by atoms with Crippen LogP contribution in [0.15, 0.2) is 65.9 Å². The third-order valence-corrected chi connectivity index (χ3v) is 4.18. The lowest BCUT2D eigenvalue weighted by Crippen LogP contribution is -2.33. The monoisotopic (exact) mass is 368 g/mol. The standard InChI is InChI=1S/C21H24N2O4/c1-14-9-11-17(12-10-14)19(23-21(25)26)18(20(24)27-3)15(2)22-13-16-7-5-4-6-8-16/h4-12,19,22-23H,13H2,1-3H3,(H,25,26)/b18-15-/t19-/m0/s1. The molecule has 0 radical (unpaired) electrons. The predicted octanol–water partition coefficient (Wildman–Crippen LogP) is 3.54. The average Bonchev–Trinajstić information content (AvgIpc) is 2.66. The highest BCUT2D eigenvalue weighted by atomic mass is 16.5. The van der Waals surface area contributed by atoms with Gasteiger partial charge in [-0.25, -0.2) is 9.59 Å². The zero-order chi connectivity index (χ0) is 19.8. The first kappa shape index (κ1) is 20.0. The van der Waals surface area contributed by atoms with Gasteiger partial charge in [0.2, 0.25) is 0 Å². The highest BCUT2D eigenvalue weighted by molar-refractivity contribution is 5.91. The van der Waals surface area contributed by atoms with E-state index >= 15 is 0 Å². The number of carbonyl (C=O) groups excluding carboxylic acids is 1. The van der Waals surface area contributed by atoms with Crippen LogP contribution < -0.4 is 10.6 Å². The van der Waals surface area contributed by atoms with Crippen molar-refractivity contribution in [2.24, 2.45) is 0 Å². The minimum absolute atomic E-state index is 0.222. The summed E-state index contributed by atoms with van der Waals surface area (Å²) < 4.78 is 4.92. The largest absolute Gasteiger partial charge is 0.466 e. The molecule has 0 bridgehead atoms. The number of allylic oxidation sites excluding steroid dienone is 1. The maximum atomic E-state index is 12.5. The molecule has 0 unspecified atom stereocenters. The Bertz CT molecular complexity index is 814. The number of esters is 1. The molecule has 0 aliphatic carbocycles. The van der Waals surface area contributed by atoms with Gasteiger partial charge in [-0.1, -0.05) is 60.2 Å². The summed E-state index contributed by atoms with van der Waals surface area (Å²) in [6, 6.07) is 16.2. The van der Waals surface area contributed by atoms with Gasteiger partial charge in [-0.3, -0.25) is 0 Å². The number of hydrogen-bond acceptors (Lipinski definition) is 4. The molecule has 3 N–H and O–H groups in total. The second-order valence-corrected chi connectivity index (χ2v) is 6.16. The molecule has 2 aromatic rings. The molecular formula is C21H24N2O4. The number of amides is 1. The first-order valence-corrected chi connectivity index (χ1v) is 8.55. The van der Waals surface area contributed by atoms with E-state index in [0.29, 0.717) is 17.8 Å². The summed E-state index contributed by atoms with van der Waals surface area (Å²) in [5.41, 5.74) is 3.50. The Hall–Kier alpha value is -3.28. The van der Waals surface area contributed by atoms with Crippen LogP contribution in [0.2, 0.25) is 0 Å². The Labute approximate surface area is 158 Å². The van der Waals surface area contributed by atoms with Gasteiger partial charge in [0.05, 0.1) is 18.7 Å². The van der Waals surface area contributed by atoms with Gasteiger partial charge in [-0.2, -0.15) is 0 Å². The van der Waals surface area contributed by atoms with Crippen LogP contribution >= 0.6 is 0 Å². The second-order valence-electron chi connectivity index (χ2n) is 6.16. The number of nitrogens with one attached hydrogen (secondary N) is 2. The van der Waals surface area contributed by atoms with Crippen molar-refractivity contribution < 1.29 is 19.4 Å². The molecule has 0 fully saturated rings. The maximum absolute atomic E-state index is 12.5. The number of methoxy groups -OCH3 is 1. The van der Waals surface area contributed by atoms with Crippen molar-refractivity contribution in [2.45, 2.75) is 26.4 Å². The molecule has 142 valence electrons. The Morgan fingerprint density at radius 1 is 1.07 bits per heavy atom. The highest BCUT2D eigenvalue weighted by Crippen LogP contribution is 2.25. The Morgan fingerprint density at radius 3 is 2.26 bits per heavy atom. The number of benzene rings is 2. The Kier molecular flexibility index (Phi) is 7.00. The molecule has 6 heteroatoms. The van der Waals surface area contributed by atoms with E-state index in [1.54, 1.807) is 19.1 Å². The van der Waals surface area contributed by atoms with Crippen molar-refractivity contribution in [1.29, 1.82) is 0 Å². The lowest BCUT2D eigenvalue weighted by Gasteiger charge is -2.22. The first-order chi connectivity index (χ1) is 12.9. The van der Waals surface area contributed by atoms with Crippen LogP contribution in [-0.4, -0.2) is 24.3 Å². The molecule has 1 amide bonds. The molecule has 0 saturated heterocycles. The van der Waals surface area contributed by atoms with E-state index in [1.807, 2.05) is 49.4 Å². The fraction of sp³-hybridized carbons (Fsp3) is 0.238. The van der Waals surface area contributed by atoms with Crippen molar-refractivity contribution in [1.82, 2.24) is 10.6 Å². The molecule has 2 rings (SSSR count). The molecule has 0 aromatic heterocycles. The number of rotatable bonds is 7. The molecule has 27 heavy (non-hydrogen) atoms. The minimum Gasteiger partial charge on any atom is -0.466 e. The zero-order valence-corrected chi connectivity index (χ0v) is 15.7. The molecule has 1 atom stereocenters. The summed E-state index contributed by atoms with van der Waals surface area (Å²) in [7, 11) is 1.28. The van der Waals surface area contributed by atoms with Crippen LogP contribution in [0.1, 0.15) is 29.7 Å². The number of ether oxygens (including phenoxy) is 1. The van der Waals surface area contributed by atoms with Gasteiger partial charge in [0.25, 0.3) is 0 Å². The van der Waals surface area contributed by atoms with Crippen LogP contribution in [0, 0.1) is 6.92 Å². The maximum Gasteiger partial charge on any atom is 0.405 e. The summed E-state index contributed by atoms with van der Waals surface area (Å²) in [6.07, 6.45) is -1.22. The third-order valence-electron chi connectivity index (χ3n) is 4.18. The van der Waals surface area contributed by atoms with Crippen molar-refractivity contribution in [3.05, 3.63) is 82.6 Å². The van der Waals surface area contributed by atoms with Gasteiger partial charge in [0.1, 0.15) is 0 Å². The predicted molar refractivity (Wildman–Crippen MR) is 103 cm³/mol. The van der Waals surface area contributed by atoms with E-state index in [0.717, 1.165) is 11.1 Å².